The molecule has 1 aromatic rings. The molecule has 1 unspecified atom stereocenters. The van der Waals surface area contributed by atoms with Crippen molar-refractivity contribution in [2.45, 2.75) is 13.3 Å². The summed E-state index contributed by atoms with van der Waals surface area (Å²) < 4.78 is 0.874. The molecule has 0 aliphatic rings. The number of halogens is 1. The molecular weight excluding hydrogens is 270 g/mol. The zero-order valence-corrected chi connectivity index (χ0v) is 11.1. The van der Waals surface area contributed by atoms with Crippen molar-refractivity contribution in [1.29, 1.82) is 0 Å². The summed E-state index contributed by atoms with van der Waals surface area (Å²) in [6.07, 6.45) is 0.643. The number of aliphatic hydroxyl groups excluding tert-OH is 1. The summed E-state index contributed by atoms with van der Waals surface area (Å²) in [7, 11) is 1.72. The van der Waals surface area contributed by atoms with Gasteiger partial charge in [0, 0.05) is 11.5 Å². The lowest BCUT2D eigenvalue weighted by Gasteiger charge is -2.22. The Bertz CT molecular complexity index is 364. The first-order valence-corrected chi connectivity index (χ1v) is 6.04. The molecule has 0 spiro atoms. The second-order valence-electron chi connectivity index (χ2n) is 3.64. The fourth-order valence-corrected chi connectivity index (χ4v) is 2.05. The van der Waals surface area contributed by atoms with Gasteiger partial charge in [0.1, 0.15) is 0 Å². The number of anilines is 1. The highest BCUT2D eigenvalue weighted by Crippen LogP contribution is 2.26. The molecule has 1 rings (SSSR count). The van der Waals surface area contributed by atoms with E-state index in [0.29, 0.717) is 6.42 Å². The molecule has 0 radical (unpaired) electrons. The van der Waals surface area contributed by atoms with E-state index in [1.807, 2.05) is 31.2 Å². The summed E-state index contributed by atoms with van der Waals surface area (Å²) in [5.41, 5.74) is 0.819. The third-order valence-electron chi connectivity index (χ3n) is 2.61. The molecule has 0 aromatic heterocycles. The van der Waals surface area contributed by atoms with Crippen molar-refractivity contribution < 1.29 is 9.90 Å². The summed E-state index contributed by atoms with van der Waals surface area (Å²) in [6.45, 7) is 1.79. The number of hydrogen-bond donors (Lipinski definition) is 1. The van der Waals surface area contributed by atoms with Crippen LogP contribution >= 0.6 is 15.9 Å². The van der Waals surface area contributed by atoms with Crippen LogP contribution in [-0.2, 0) is 4.79 Å². The van der Waals surface area contributed by atoms with Crippen LogP contribution in [0.25, 0.3) is 0 Å². The number of carbonyl (C=O) groups is 1. The minimum Gasteiger partial charge on any atom is -0.396 e. The Morgan fingerprint density at radius 1 is 1.50 bits per heavy atom. The van der Waals surface area contributed by atoms with E-state index in [1.165, 1.54) is 0 Å². The van der Waals surface area contributed by atoms with Gasteiger partial charge in [0.05, 0.1) is 18.2 Å². The van der Waals surface area contributed by atoms with E-state index in [2.05, 4.69) is 15.9 Å². The van der Waals surface area contributed by atoms with Gasteiger partial charge in [-0.15, -0.1) is 0 Å². The average Bonchev–Trinajstić information content (AvgIpc) is 2.30. The SMILES string of the molecule is CCC(CO)C(=O)N(C)c1ccccc1Br. The Morgan fingerprint density at radius 3 is 2.62 bits per heavy atom. The first-order valence-electron chi connectivity index (χ1n) is 5.24. The van der Waals surface area contributed by atoms with Crippen LogP contribution in [0.3, 0.4) is 0 Å². The Balaban J connectivity index is 2.90. The zero-order valence-electron chi connectivity index (χ0n) is 9.48. The quantitative estimate of drug-likeness (QED) is 0.923. The zero-order chi connectivity index (χ0) is 12.1. The topological polar surface area (TPSA) is 40.5 Å². The van der Waals surface area contributed by atoms with Gasteiger partial charge < -0.3 is 10.0 Å². The molecule has 0 saturated carbocycles. The first-order chi connectivity index (χ1) is 7.61. The van der Waals surface area contributed by atoms with E-state index >= 15 is 0 Å². The van der Waals surface area contributed by atoms with Gasteiger partial charge in [-0.3, -0.25) is 4.79 Å². The van der Waals surface area contributed by atoms with E-state index in [-0.39, 0.29) is 18.4 Å². The molecule has 1 amide bonds. The molecule has 0 heterocycles. The molecule has 0 bridgehead atoms. The summed E-state index contributed by atoms with van der Waals surface area (Å²) in [4.78, 5) is 13.6. The number of carbonyl (C=O) groups excluding carboxylic acids is 1. The van der Waals surface area contributed by atoms with Crippen LogP contribution in [0.2, 0.25) is 0 Å². The summed E-state index contributed by atoms with van der Waals surface area (Å²) >= 11 is 3.40. The number of aliphatic hydroxyl groups is 1. The van der Waals surface area contributed by atoms with Crippen LogP contribution in [-0.4, -0.2) is 24.7 Å². The Morgan fingerprint density at radius 2 is 2.12 bits per heavy atom. The molecule has 3 nitrogen and oxygen atoms in total. The van der Waals surface area contributed by atoms with Crippen LogP contribution in [0.15, 0.2) is 28.7 Å². The maximum Gasteiger partial charge on any atom is 0.232 e. The van der Waals surface area contributed by atoms with E-state index in [0.717, 1.165) is 10.2 Å². The third kappa shape index (κ3) is 2.83. The molecule has 16 heavy (non-hydrogen) atoms. The number of rotatable bonds is 4. The molecule has 0 saturated heterocycles. The summed E-state index contributed by atoms with van der Waals surface area (Å²) in [5, 5.41) is 9.10. The third-order valence-corrected chi connectivity index (χ3v) is 3.28. The lowest BCUT2D eigenvalue weighted by Crippen LogP contribution is -2.34. The van der Waals surface area contributed by atoms with Gasteiger partial charge >= 0.3 is 0 Å². The Hall–Kier alpha value is -0.870. The van der Waals surface area contributed by atoms with Crippen molar-refractivity contribution in [1.82, 2.24) is 0 Å². The molecule has 1 atom stereocenters. The van der Waals surface area contributed by atoms with E-state index in [9.17, 15) is 4.79 Å². The van der Waals surface area contributed by atoms with Gasteiger partial charge in [-0.05, 0) is 34.5 Å². The number of hydrogen-bond acceptors (Lipinski definition) is 2. The first kappa shape index (κ1) is 13.2. The highest BCUT2D eigenvalue weighted by molar-refractivity contribution is 9.10. The van der Waals surface area contributed by atoms with Crippen LogP contribution < -0.4 is 4.90 Å². The van der Waals surface area contributed by atoms with E-state index in [4.69, 9.17) is 5.11 Å². The van der Waals surface area contributed by atoms with Crippen molar-refractivity contribution in [3.05, 3.63) is 28.7 Å². The van der Waals surface area contributed by atoms with Crippen molar-refractivity contribution >= 4 is 27.5 Å². The number of nitrogens with zero attached hydrogens (tertiary/aromatic N) is 1. The fraction of sp³-hybridized carbons (Fsp3) is 0.417. The van der Waals surface area contributed by atoms with Gasteiger partial charge in [-0.2, -0.15) is 0 Å². The summed E-state index contributed by atoms with van der Waals surface area (Å²) in [6, 6.07) is 7.53. The van der Waals surface area contributed by atoms with Gasteiger partial charge in [-0.25, -0.2) is 0 Å². The molecule has 0 fully saturated rings. The second-order valence-corrected chi connectivity index (χ2v) is 4.49. The monoisotopic (exact) mass is 285 g/mol. The maximum atomic E-state index is 12.0. The van der Waals surface area contributed by atoms with E-state index in [1.54, 1.807) is 11.9 Å². The van der Waals surface area contributed by atoms with Crippen molar-refractivity contribution in [3.63, 3.8) is 0 Å². The maximum absolute atomic E-state index is 12.0. The normalized spacial score (nSPS) is 12.2. The van der Waals surface area contributed by atoms with Crippen LogP contribution in [0.4, 0.5) is 5.69 Å². The molecule has 0 aliphatic carbocycles. The number of para-hydroxylation sites is 1. The van der Waals surface area contributed by atoms with Crippen molar-refractivity contribution in [3.8, 4) is 0 Å². The van der Waals surface area contributed by atoms with Crippen LogP contribution in [0, 0.1) is 5.92 Å². The minimum atomic E-state index is -0.322. The van der Waals surface area contributed by atoms with Gasteiger partial charge in [-0.1, -0.05) is 19.1 Å². The molecular formula is C12H16BrNO2. The lowest BCUT2D eigenvalue weighted by atomic mass is 10.1. The predicted octanol–water partition coefficient (Wildman–Crippen LogP) is 2.43. The van der Waals surface area contributed by atoms with E-state index < -0.39 is 0 Å². The molecule has 88 valence electrons. The molecule has 0 aliphatic heterocycles. The fourth-order valence-electron chi connectivity index (χ4n) is 1.50. The van der Waals surface area contributed by atoms with Crippen LogP contribution in [0.1, 0.15) is 13.3 Å². The Labute approximate surface area is 104 Å². The van der Waals surface area contributed by atoms with Gasteiger partial charge in [0.25, 0.3) is 0 Å². The average molecular weight is 286 g/mol. The summed E-state index contributed by atoms with van der Waals surface area (Å²) in [5.74, 6) is -0.381. The number of amides is 1. The standard InChI is InChI=1S/C12H16BrNO2/c1-3-9(8-15)12(16)14(2)11-7-5-4-6-10(11)13/h4-7,9,15H,3,8H2,1-2H3. The van der Waals surface area contributed by atoms with Gasteiger partial charge in [0.2, 0.25) is 5.91 Å². The Kier molecular flexibility index (Phi) is 4.96. The second kappa shape index (κ2) is 6.01. The molecule has 1 aromatic carbocycles. The van der Waals surface area contributed by atoms with Crippen LogP contribution in [0.5, 0.6) is 0 Å². The number of benzene rings is 1. The van der Waals surface area contributed by atoms with Gasteiger partial charge in [0.15, 0.2) is 0 Å². The predicted molar refractivity (Wildman–Crippen MR) is 68.4 cm³/mol. The molecule has 4 heteroatoms. The molecule has 1 N–H and O–H groups in total. The lowest BCUT2D eigenvalue weighted by molar-refractivity contribution is -0.123. The van der Waals surface area contributed by atoms with Crippen molar-refractivity contribution in [2.75, 3.05) is 18.6 Å². The largest absolute Gasteiger partial charge is 0.396 e. The smallest absolute Gasteiger partial charge is 0.232 e. The highest BCUT2D eigenvalue weighted by Gasteiger charge is 2.21. The van der Waals surface area contributed by atoms with Crippen molar-refractivity contribution in [2.24, 2.45) is 5.92 Å². The highest BCUT2D eigenvalue weighted by atomic mass is 79.9. The minimum absolute atomic E-state index is 0.0584.